The van der Waals surface area contributed by atoms with E-state index in [1.807, 2.05) is 0 Å². The minimum atomic E-state index is 0.420. The Hall–Kier alpha value is -1.30. The van der Waals surface area contributed by atoms with Gasteiger partial charge in [-0.2, -0.15) is 0 Å². The Balaban J connectivity index is 0.000000219. The lowest BCUT2D eigenvalue weighted by molar-refractivity contribution is 0.290. The molecule has 1 aliphatic rings. The quantitative estimate of drug-likeness (QED) is 0.535. The van der Waals surface area contributed by atoms with Gasteiger partial charge in [0.2, 0.25) is 0 Å². The van der Waals surface area contributed by atoms with E-state index in [-0.39, 0.29) is 0 Å². The van der Waals surface area contributed by atoms with Gasteiger partial charge in [0.15, 0.2) is 0 Å². The number of hydrogen-bond donors (Lipinski definition) is 0. The van der Waals surface area contributed by atoms with Crippen molar-refractivity contribution in [3.8, 4) is 0 Å². The van der Waals surface area contributed by atoms with Gasteiger partial charge in [0.25, 0.3) is 0 Å². The summed E-state index contributed by atoms with van der Waals surface area (Å²) in [7, 11) is 0. The predicted octanol–water partition coefficient (Wildman–Crippen LogP) is 6.58. The summed E-state index contributed by atoms with van der Waals surface area (Å²) < 4.78 is 0. The summed E-state index contributed by atoms with van der Waals surface area (Å²) in [4.78, 5) is 0. The fourth-order valence-corrected chi connectivity index (χ4v) is 3.23. The summed E-state index contributed by atoms with van der Waals surface area (Å²) >= 11 is 0. The number of benzene rings is 1. The fraction of sp³-hybridized carbons (Fsp3) is 0.524. The zero-order valence-electron chi connectivity index (χ0n) is 14.4. The van der Waals surface area contributed by atoms with E-state index >= 15 is 0 Å². The lowest BCUT2D eigenvalue weighted by Gasteiger charge is -2.30. The van der Waals surface area contributed by atoms with Crippen LogP contribution in [0.5, 0.6) is 0 Å². The number of hydrogen-bond acceptors (Lipinski definition) is 0. The summed E-state index contributed by atoms with van der Waals surface area (Å²) in [6.07, 6.45) is 10.5. The second-order valence-corrected chi connectivity index (χ2v) is 6.50. The van der Waals surface area contributed by atoms with Crippen molar-refractivity contribution in [3.05, 3.63) is 60.2 Å². The lowest BCUT2D eigenvalue weighted by atomic mass is 9.75. The third kappa shape index (κ3) is 5.19. The summed E-state index contributed by atoms with van der Waals surface area (Å²) in [5, 5.41) is 0. The normalized spacial score (nSPS) is 19.4. The molecule has 21 heavy (non-hydrogen) atoms. The summed E-state index contributed by atoms with van der Waals surface area (Å²) in [5.41, 5.74) is 3.50. The first-order valence-corrected chi connectivity index (χ1v) is 8.40. The topological polar surface area (TPSA) is 0 Å². The van der Waals surface area contributed by atoms with Gasteiger partial charge in [-0.1, -0.05) is 82.2 Å². The summed E-state index contributed by atoms with van der Waals surface area (Å²) in [6.45, 7) is 13.0. The summed E-state index contributed by atoms with van der Waals surface area (Å²) in [5.74, 6) is 0.796. The molecule has 1 aliphatic carbocycles. The molecule has 0 saturated carbocycles. The zero-order chi connectivity index (χ0) is 15.7. The highest BCUT2D eigenvalue weighted by atomic mass is 14.4. The monoisotopic (exact) mass is 284 g/mol. The highest BCUT2D eigenvalue weighted by Crippen LogP contribution is 2.46. The molecule has 1 atom stereocenters. The van der Waals surface area contributed by atoms with Crippen molar-refractivity contribution in [2.45, 2.75) is 59.8 Å². The highest BCUT2D eigenvalue weighted by Gasteiger charge is 2.34. The van der Waals surface area contributed by atoms with Gasteiger partial charge >= 0.3 is 0 Å². The van der Waals surface area contributed by atoms with Crippen LogP contribution in [0.1, 0.15) is 58.9 Å². The average Bonchev–Trinajstić information content (AvgIpc) is 2.76. The molecule has 1 unspecified atom stereocenters. The van der Waals surface area contributed by atoms with Crippen LogP contribution in [0.15, 0.2) is 54.6 Å². The average molecular weight is 284 g/mol. The molecule has 0 N–H and O–H groups in total. The van der Waals surface area contributed by atoms with Crippen LogP contribution in [-0.4, -0.2) is 0 Å². The maximum absolute atomic E-state index is 3.82. The molecule has 0 radical (unpaired) electrons. The van der Waals surface area contributed by atoms with Gasteiger partial charge in [-0.15, -0.1) is 6.58 Å². The van der Waals surface area contributed by atoms with Crippen LogP contribution in [-0.2, 0) is 6.42 Å². The molecular formula is C21H32. The minimum absolute atomic E-state index is 0.420. The number of allylic oxidation sites excluding steroid dienone is 3. The van der Waals surface area contributed by atoms with Gasteiger partial charge in [-0.05, 0) is 42.6 Å². The van der Waals surface area contributed by atoms with Crippen LogP contribution in [0.25, 0.3) is 0 Å². The van der Waals surface area contributed by atoms with Crippen LogP contribution in [0, 0.1) is 11.3 Å². The molecule has 0 bridgehead atoms. The molecule has 0 heterocycles. The molecule has 0 heteroatoms. The van der Waals surface area contributed by atoms with Crippen molar-refractivity contribution in [1.82, 2.24) is 0 Å². The van der Waals surface area contributed by atoms with Crippen LogP contribution in [0.2, 0.25) is 0 Å². The molecule has 1 aromatic rings. The first-order valence-electron chi connectivity index (χ1n) is 8.40. The smallest absolute Gasteiger partial charge is 0.0111 e. The van der Waals surface area contributed by atoms with Crippen molar-refractivity contribution in [2.24, 2.45) is 11.3 Å². The molecular weight excluding hydrogens is 252 g/mol. The van der Waals surface area contributed by atoms with Gasteiger partial charge < -0.3 is 0 Å². The molecule has 0 aliphatic heterocycles. The van der Waals surface area contributed by atoms with Crippen molar-refractivity contribution >= 4 is 0 Å². The first kappa shape index (κ1) is 17.8. The molecule has 1 aromatic carbocycles. The van der Waals surface area contributed by atoms with Crippen LogP contribution in [0.4, 0.5) is 0 Å². The number of aryl methyl sites for hydroxylation is 1. The Bertz CT molecular complexity index is 436. The number of rotatable bonds is 5. The van der Waals surface area contributed by atoms with Gasteiger partial charge in [-0.3, -0.25) is 0 Å². The predicted molar refractivity (Wildman–Crippen MR) is 95.5 cm³/mol. The molecule has 0 spiro atoms. The lowest BCUT2D eigenvalue weighted by Crippen LogP contribution is -2.20. The maximum atomic E-state index is 3.82. The molecule has 2 rings (SSSR count). The molecule has 0 saturated heterocycles. The van der Waals surface area contributed by atoms with Gasteiger partial charge in [0, 0.05) is 0 Å². The minimum Gasteiger partial charge on any atom is -0.103 e. The maximum Gasteiger partial charge on any atom is -0.0111 e. The SMILES string of the molecule is C=CCC1CC=C(CC)C1(C)C.CCCc1ccccc1. The van der Waals surface area contributed by atoms with Crippen LogP contribution >= 0.6 is 0 Å². The van der Waals surface area contributed by atoms with Gasteiger partial charge in [0.1, 0.15) is 0 Å². The van der Waals surface area contributed by atoms with Gasteiger partial charge in [-0.25, -0.2) is 0 Å². The Labute approximate surface area is 132 Å². The molecule has 0 amide bonds. The van der Waals surface area contributed by atoms with E-state index in [9.17, 15) is 0 Å². The Kier molecular flexibility index (Phi) is 7.50. The molecule has 0 nitrogen and oxygen atoms in total. The van der Waals surface area contributed by atoms with Crippen molar-refractivity contribution in [1.29, 1.82) is 0 Å². The Morgan fingerprint density at radius 1 is 1.19 bits per heavy atom. The summed E-state index contributed by atoms with van der Waals surface area (Å²) in [6, 6.07) is 10.6. The third-order valence-corrected chi connectivity index (χ3v) is 4.71. The Morgan fingerprint density at radius 3 is 2.33 bits per heavy atom. The first-order chi connectivity index (χ1) is 10.1. The Morgan fingerprint density at radius 2 is 1.86 bits per heavy atom. The molecule has 0 fully saturated rings. The van der Waals surface area contributed by atoms with Crippen molar-refractivity contribution < 1.29 is 0 Å². The fourth-order valence-electron chi connectivity index (χ4n) is 3.23. The van der Waals surface area contributed by atoms with E-state index in [2.05, 4.69) is 76.8 Å². The highest BCUT2D eigenvalue weighted by molar-refractivity contribution is 5.20. The van der Waals surface area contributed by atoms with E-state index in [4.69, 9.17) is 0 Å². The van der Waals surface area contributed by atoms with E-state index in [0.717, 1.165) is 12.3 Å². The van der Waals surface area contributed by atoms with Crippen LogP contribution < -0.4 is 0 Å². The van der Waals surface area contributed by atoms with Crippen LogP contribution in [0.3, 0.4) is 0 Å². The van der Waals surface area contributed by atoms with E-state index < -0.39 is 0 Å². The van der Waals surface area contributed by atoms with E-state index in [1.54, 1.807) is 5.57 Å². The third-order valence-electron chi connectivity index (χ3n) is 4.71. The standard InChI is InChI=1S/C12H20.C9H12/c1-5-7-11-9-8-10(6-2)12(11,3)4;1-2-6-9-7-4-3-5-8-9/h5,8,11H,1,6-7,9H2,2-4H3;3-5,7-8H,2,6H2,1H3. The molecule has 0 aromatic heterocycles. The van der Waals surface area contributed by atoms with E-state index in [0.29, 0.717) is 5.41 Å². The molecule has 116 valence electrons. The largest absolute Gasteiger partial charge is 0.103 e. The van der Waals surface area contributed by atoms with E-state index in [1.165, 1.54) is 31.2 Å². The second-order valence-electron chi connectivity index (χ2n) is 6.50. The second kappa shape index (κ2) is 8.87. The van der Waals surface area contributed by atoms with Gasteiger partial charge in [0.05, 0.1) is 0 Å². The zero-order valence-corrected chi connectivity index (χ0v) is 14.4. The van der Waals surface area contributed by atoms with Crippen molar-refractivity contribution in [2.75, 3.05) is 0 Å². The van der Waals surface area contributed by atoms with Crippen molar-refractivity contribution in [3.63, 3.8) is 0 Å².